The van der Waals surface area contributed by atoms with E-state index in [1.165, 1.54) is 20.0 Å². The molecule has 0 aromatic heterocycles. The van der Waals surface area contributed by atoms with E-state index in [2.05, 4.69) is 29.5 Å². The van der Waals surface area contributed by atoms with Gasteiger partial charge in [-0.25, -0.2) is 5.48 Å². The van der Waals surface area contributed by atoms with Gasteiger partial charge in [-0.2, -0.15) is 0 Å². The first-order chi connectivity index (χ1) is 6.20. The molecule has 1 atom stereocenters. The second-order valence-electron chi connectivity index (χ2n) is 3.29. The van der Waals surface area contributed by atoms with Gasteiger partial charge in [-0.1, -0.05) is 26.7 Å². The summed E-state index contributed by atoms with van der Waals surface area (Å²) in [5.74, 6) is 0.957. The maximum Gasteiger partial charge on any atom is 0.212 e. The monoisotopic (exact) mass is 187 g/mol. The molecular weight excluding hydrogens is 166 g/mol. The van der Waals surface area contributed by atoms with Gasteiger partial charge in [-0.15, -0.1) is 0 Å². The third-order valence-corrected chi connectivity index (χ3v) is 1.92. The second-order valence-corrected chi connectivity index (χ2v) is 3.29. The van der Waals surface area contributed by atoms with Crippen molar-refractivity contribution in [1.82, 2.24) is 10.8 Å². The topological polar surface area (TPSA) is 57.1 Å². The molecule has 4 nitrogen and oxygen atoms in total. The van der Waals surface area contributed by atoms with E-state index in [0.29, 0.717) is 0 Å². The fourth-order valence-corrected chi connectivity index (χ4v) is 1.22. The van der Waals surface area contributed by atoms with Crippen LogP contribution < -0.4 is 10.8 Å². The number of hydrogen-bond acceptors (Lipinski definition) is 2. The van der Waals surface area contributed by atoms with Gasteiger partial charge in [0.25, 0.3) is 0 Å². The smallest absolute Gasteiger partial charge is 0.212 e. The number of hydroxylamine groups is 1. The summed E-state index contributed by atoms with van der Waals surface area (Å²) in [6, 6.07) is 0. The van der Waals surface area contributed by atoms with Crippen LogP contribution >= 0.6 is 0 Å². The van der Waals surface area contributed by atoms with E-state index in [1.807, 2.05) is 0 Å². The maximum atomic E-state index is 7.29. The van der Waals surface area contributed by atoms with Crippen LogP contribution in [0.4, 0.5) is 0 Å². The summed E-state index contributed by atoms with van der Waals surface area (Å²) in [7, 11) is 1.50. The Kier molecular flexibility index (Phi) is 7.39. The highest BCUT2D eigenvalue weighted by molar-refractivity contribution is 5.75. The van der Waals surface area contributed by atoms with Crippen LogP contribution in [0.2, 0.25) is 0 Å². The summed E-state index contributed by atoms with van der Waals surface area (Å²) in [6.45, 7) is 5.26. The molecule has 0 bridgehead atoms. The Morgan fingerprint density at radius 1 is 1.46 bits per heavy atom. The summed E-state index contributed by atoms with van der Waals surface area (Å²) in [6.07, 6.45) is 3.59. The van der Waals surface area contributed by atoms with Crippen molar-refractivity contribution in [1.29, 1.82) is 5.41 Å². The Morgan fingerprint density at radius 2 is 2.15 bits per heavy atom. The van der Waals surface area contributed by atoms with E-state index < -0.39 is 0 Å². The molecule has 0 aliphatic carbocycles. The molecular formula is C9H21N3O. The molecule has 0 aromatic carbocycles. The van der Waals surface area contributed by atoms with Crippen molar-refractivity contribution in [2.24, 2.45) is 5.92 Å². The zero-order valence-corrected chi connectivity index (χ0v) is 8.81. The summed E-state index contributed by atoms with van der Waals surface area (Å²) in [5, 5.41) is 10.2. The molecule has 0 amide bonds. The lowest BCUT2D eigenvalue weighted by Gasteiger charge is -2.11. The normalized spacial score (nSPS) is 12.2. The minimum atomic E-state index is 0.228. The van der Waals surface area contributed by atoms with Crippen LogP contribution in [0, 0.1) is 11.3 Å². The van der Waals surface area contributed by atoms with E-state index in [9.17, 15) is 0 Å². The molecule has 3 N–H and O–H groups in total. The van der Waals surface area contributed by atoms with Gasteiger partial charge in [0.1, 0.15) is 0 Å². The van der Waals surface area contributed by atoms with Crippen LogP contribution in [-0.4, -0.2) is 19.6 Å². The van der Waals surface area contributed by atoms with Crippen LogP contribution in [0.3, 0.4) is 0 Å². The highest BCUT2D eigenvalue weighted by atomic mass is 16.6. The van der Waals surface area contributed by atoms with E-state index >= 15 is 0 Å². The lowest BCUT2D eigenvalue weighted by molar-refractivity contribution is 0.140. The molecule has 0 aliphatic heterocycles. The Morgan fingerprint density at radius 3 is 2.69 bits per heavy atom. The summed E-state index contributed by atoms with van der Waals surface area (Å²) >= 11 is 0. The van der Waals surface area contributed by atoms with Gasteiger partial charge in [0.15, 0.2) is 0 Å². The molecule has 0 spiro atoms. The minimum Gasteiger partial charge on any atom is -0.355 e. The first-order valence-electron chi connectivity index (χ1n) is 4.82. The minimum absolute atomic E-state index is 0.228. The largest absolute Gasteiger partial charge is 0.355 e. The Bertz CT molecular complexity index is 139. The molecule has 0 fully saturated rings. The van der Waals surface area contributed by atoms with Crippen molar-refractivity contribution in [2.45, 2.75) is 33.1 Å². The fourth-order valence-electron chi connectivity index (χ4n) is 1.22. The molecule has 0 aromatic rings. The van der Waals surface area contributed by atoms with Gasteiger partial charge < -0.3 is 5.32 Å². The quantitative estimate of drug-likeness (QED) is 0.335. The number of guanidine groups is 1. The Hall–Kier alpha value is -0.770. The molecule has 78 valence electrons. The van der Waals surface area contributed by atoms with Crippen LogP contribution in [0.5, 0.6) is 0 Å². The molecule has 0 heterocycles. The molecule has 13 heavy (non-hydrogen) atoms. The maximum absolute atomic E-state index is 7.29. The van der Waals surface area contributed by atoms with Crippen molar-refractivity contribution in [3.8, 4) is 0 Å². The molecule has 0 radical (unpaired) electrons. The van der Waals surface area contributed by atoms with Gasteiger partial charge in [-0.3, -0.25) is 10.2 Å². The van der Waals surface area contributed by atoms with Crippen molar-refractivity contribution in [3.05, 3.63) is 0 Å². The molecule has 4 heteroatoms. The van der Waals surface area contributed by atoms with E-state index in [1.54, 1.807) is 0 Å². The summed E-state index contributed by atoms with van der Waals surface area (Å²) < 4.78 is 0. The van der Waals surface area contributed by atoms with E-state index in [-0.39, 0.29) is 5.96 Å². The number of rotatable bonds is 6. The van der Waals surface area contributed by atoms with Crippen molar-refractivity contribution in [3.63, 3.8) is 0 Å². The fraction of sp³-hybridized carbons (Fsp3) is 0.889. The van der Waals surface area contributed by atoms with Gasteiger partial charge in [-0.05, 0) is 12.3 Å². The van der Waals surface area contributed by atoms with Crippen molar-refractivity contribution >= 4 is 5.96 Å². The lowest BCUT2D eigenvalue weighted by Crippen LogP contribution is -2.36. The van der Waals surface area contributed by atoms with Gasteiger partial charge in [0.05, 0.1) is 7.11 Å². The predicted octanol–water partition coefficient (Wildman–Crippen LogP) is 1.49. The zero-order valence-electron chi connectivity index (χ0n) is 8.81. The average molecular weight is 187 g/mol. The standard InChI is InChI=1S/C9H21N3O/c1-4-5-8(2)6-7-11-9(10)12-13-3/h8H,4-7H2,1-3H3,(H3,10,11,12). The summed E-state index contributed by atoms with van der Waals surface area (Å²) in [4.78, 5) is 4.57. The Labute approximate surface area is 80.5 Å². The molecule has 0 saturated carbocycles. The second kappa shape index (κ2) is 7.86. The van der Waals surface area contributed by atoms with Gasteiger partial charge in [0.2, 0.25) is 5.96 Å². The number of nitrogens with one attached hydrogen (secondary N) is 3. The SMILES string of the molecule is CCCC(C)CCNC(=N)NOC. The molecule has 0 saturated heterocycles. The van der Waals surface area contributed by atoms with E-state index in [0.717, 1.165) is 18.9 Å². The zero-order chi connectivity index (χ0) is 10.1. The third-order valence-electron chi connectivity index (χ3n) is 1.92. The highest BCUT2D eigenvalue weighted by Gasteiger charge is 2.00. The molecule has 0 aliphatic rings. The predicted molar refractivity (Wildman–Crippen MR) is 54.6 cm³/mol. The number of hydrogen-bond donors (Lipinski definition) is 3. The van der Waals surface area contributed by atoms with Gasteiger partial charge in [0, 0.05) is 6.54 Å². The lowest BCUT2D eigenvalue weighted by atomic mass is 10.0. The first kappa shape index (κ1) is 12.2. The average Bonchev–Trinajstić information content (AvgIpc) is 2.05. The molecule has 1 unspecified atom stereocenters. The van der Waals surface area contributed by atoms with Crippen LogP contribution in [0.1, 0.15) is 33.1 Å². The van der Waals surface area contributed by atoms with Crippen LogP contribution in [0.15, 0.2) is 0 Å². The molecule has 0 rings (SSSR count). The Balaban J connectivity index is 3.28. The van der Waals surface area contributed by atoms with Crippen LogP contribution in [0.25, 0.3) is 0 Å². The first-order valence-corrected chi connectivity index (χ1v) is 4.82. The van der Waals surface area contributed by atoms with Crippen LogP contribution in [-0.2, 0) is 4.84 Å². The third kappa shape index (κ3) is 7.59. The van der Waals surface area contributed by atoms with Crippen molar-refractivity contribution < 1.29 is 4.84 Å². The van der Waals surface area contributed by atoms with Gasteiger partial charge >= 0.3 is 0 Å². The summed E-state index contributed by atoms with van der Waals surface area (Å²) in [5.41, 5.74) is 2.42. The van der Waals surface area contributed by atoms with E-state index in [4.69, 9.17) is 5.41 Å². The van der Waals surface area contributed by atoms with Crippen molar-refractivity contribution in [2.75, 3.05) is 13.7 Å². The highest BCUT2D eigenvalue weighted by Crippen LogP contribution is 2.07.